The van der Waals surface area contributed by atoms with Gasteiger partial charge in [-0.1, -0.05) is 30.3 Å². The van der Waals surface area contributed by atoms with Gasteiger partial charge in [0.2, 0.25) is 0 Å². The fraction of sp³-hybridized carbons (Fsp3) is 0. The molecule has 4 nitrogen and oxygen atoms in total. The van der Waals surface area contributed by atoms with Gasteiger partial charge in [0.05, 0.1) is 16.6 Å². The molecule has 2 rings (SSSR count). The summed E-state index contributed by atoms with van der Waals surface area (Å²) in [5.74, 6) is -1.39. The lowest BCUT2D eigenvalue weighted by Crippen LogP contribution is -2.04. The molecule has 0 aromatic heterocycles. The van der Waals surface area contributed by atoms with E-state index in [4.69, 9.17) is 0 Å². The minimum Gasteiger partial charge on any atom is -0.288 e. The lowest BCUT2D eigenvalue weighted by molar-refractivity contribution is -0.385. The Hall–Kier alpha value is -2.56. The second-order valence-corrected chi connectivity index (χ2v) is 3.62. The molecule has 90 valence electrons. The van der Waals surface area contributed by atoms with Crippen LogP contribution in [0.15, 0.2) is 48.5 Å². The SMILES string of the molecule is O=C(c1ccccc1)c1ccc([N+](=O)[O-])cc1F. The monoisotopic (exact) mass is 245 g/mol. The van der Waals surface area contributed by atoms with Crippen molar-refractivity contribution < 1.29 is 14.1 Å². The van der Waals surface area contributed by atoms with Crippen LogP contribution >= 0.6 is 0 Å². The summed E-state index contributed by atoms with van der Waals surface area (Å²) in [7, 11) is 0. The van der Waals surface area contributed by atoms with E-state index in [1.54, 1.807) is 30.3 Å². The number of carbonyl (C=O) groups is 1. The summed E-state index contributed by atoms with van der Waals surface area (Å²) in [5, 5.41) is 10.5. The van der Waals surface area contributed by atoms with E-state index in [-0.39, 0.29) is 11.3 Å². The normalized spacial score (nSPS) is 10.1. The molecule has 0 spiro atoms. The Kier molecular flexibility index (Phi) is 3.14. The number of non-ortho nitro benzene ring substituents is 1. The maximum atomic E-state index is 13.6. The minimum atomic E-state index is -0.891. The number of nitrogens with zero attached hydrogens (tertiary/aromatic N) is 1. The van der Waals surface area contributed by atoms with Crippen LogP contribution in [0, 0.1) is 15.9 Å². The van der Waals surface area contributed by atoms with Crippen molar-refractivity contribution in [2.45, 2.75) is 0 Å². The van der Waals surface area contributed by atoms with Gasteiger partial charge in [-0.15, -0.1) is 0 Å². The standard InChI is InChI=1S/C13H8FNO3/c14-12-8-10(15(17)18)6-7-11(12)13(16)9-4-2-1-3-5-9/h1-8H. The molecule has 0 saturated heterocycles. The van der Waals surface area contributed by atoms with E-state index >= 15 is 0 Å². The molecule has 0 aliphatic rings. The van der Waals surface area contributed by atoms with E-state index in [0.29, 0.717) is 5.56 Å². The average Bonchev–Trinajstić information content (AvgIpc) is 2.38. The van der Waals surface area contributed by atoms with Crippen molar-refractivity contribution in [3.05, 3.63) is 75.6 Å². The first-order valence-corrected chi connectivity index (χ1v) is 5.13. The fourth-order valence-electron chi connectivity index (χ4n) is 1.55. The molecule has 5 heteroatoms. The number of nitro groups is 1. The highest BCUT2D eigenvalue weighted by Gasteiger charge is 2.17. The second-order valence-electron chi connectivity index (χ2n) is 3.62. The Balaban J connectivity index is 2.41. The molecule has 18 heavy (non-hydrogen) atoms. The largest absolute Gasteiger partial charge is 0.288 e. The molecule has 0 bridgehead atoms. The molecule has 0 radical (unpaired) electrons. The second kappa shape index (κ2) is 4.75. The molecule has 0 N–H and O–H groups in total. The molecule has 2 aromatic carbocycles. The molecule has 0 amide bonds. The topological polar surface area (TPSA) is 60.2 Å². The summed E-state index contributed by atoms with van der Waals surface area (Å²) in [5.41, 5.74) is -0.214. The molecule has 0 aliphatic heterocycles. The van der Waals surface area contributed by atoms with Crippen LogP contribution in [0.1, 0.15) is 15.9 Å². The number of benzene rings is 2. The zero-order valence-electron chi connectivity index (χ0n) is 9.17. The number of halogens is 1. The molecule has 0 unspecified atom stereocenters. The van der Waals surface area contributed by atoms with E-state index in [2.05, 4.69) is 0 Å². The van der Waals surface area contributed by atoms with Crippen molar-refractivity contribution >= 4 is 11.5 Å². The molecular weight excluding hydrogens is 237 g/mol. The van der Waals surface area contributed by atoms with Gasteiger partial charge in [-0.2, -0.15) is 0 Å². The maximum Gasteiger partial charge on any atom is 0.272 e. The summed E-state index contributed by atoms with van der Waals surface area (Å²) < 4.78 is 13.6. The summed E-state index contributed by atoms with van der Waals surface area (Å²) in [6.07, 6.45) is 0. The molecule has 0 heterocycles. The first-order chi connectivity index (χ1) is 8.59. The van der Waals surface area contributed by atoms with E-state index in [0.717, 1.165) is 18.2 Å². The molecule has 0 fully saturated rings. The molecule has 2 aromatic rings. The van der Waals surface area contributed by atoms with Crippen LogP contribution in [0.5, 0.6) is 0 Å². The van der Waals surface area contributed by atoms with E-state index in [1.807, 2.05) is 0 Å². The molecule has 0 saturated carbocycles. The van der Waals surface area contributed by atoms with Gasteiger partial charge in [-0.25, -0.2) is 4.39 Å². The Bertz CT molecular complexity index is 611. The van der Waals surface area contributed by atoms with Gasteiger partial charge in [-0.3, -0.25) is 14.9 Å². The van der Waals surface area contributed by atoms with Crippen LogP contribution in [0.4, 0.5) is 10.1 Å². The van der Waals surface area contributed by atoms with E-state index in [1.165, 1.54) is 0 Å². The Labute approximate surface area is 102 Å². The van der Waals surface area contributed by atoms with Crippen molar-refractivity contribution in [3.63, 3.8) is 0 Å². The van der Waals surface area contributed by atoms with Crippen LogP contribution in [0.2, 0.25) is 0 Å². The first-order valence-electron chi connectivity index (χ1n) is 5.13. The van der Waals surface area contributed by atoms with Gasteiger partial charge < -0.3 is 0 Å². The van der Waals surface area contributed by atoms with Gasteiger partial charge in [0.25, 0.3) is 5.69 Å². The lowest BCUT2D eigenvalue weighted by atomic mass is 10.0. The summed E-state index contributed by atoms with van der Waals surface area (Å²) in [6.45, 7) is 0. The van der Waals surface area contributed by atoms with Crippen molar-refractivity contribution in [1.29, 1.82) is 0 Å². The lowest BCUT2D eigenvalue weighted by Gasteiger charge is -2.02. The molecular formula is C13H8FNO3. The third-order valence-corrected chi connectivity index (χ3v) is 2.44. The summed E-state index contributed by atoms with van der Waals surface area (Å²) in [4.78, 5) is 21.7. The number of hydrogen-bond acceptors (Lipinski definition) is 3. The zero-order valence-corrected chi connectivity index (χ0v) is 9.17. The third kappa shape index (κ3) is 2.24. The number of hydrogen-bond donors (Lipinski definition) is 0. The van der Waals surface area contributed by atoms with Crippen LogP contribution in [0.25, 0.3) is 0 Å². The minimum absolute atomic E-state index is 0.174. The predicted molar refractivity (Wildman–Crippen MR) is 62.9 cm³/mol. The highest BCUT2D eigenvalue weighted by molar-refractivity contribution is 6.09. The number of ketones is 1. The van der Waals surface area contributed by atoms with Gasteiger partial charge >= 0.3 is 0 Å². The van der Waals surface area contributed by atoms with Crippen LogP contribution in [-0.2, 0) is 0 Å². The Morgan fingerprint density at radius 2 is 1.78 bits per heavy atom. The van der Waals surface area contributed by atoms with Gasteiger partial charge in [0.15, 0.2) is 5.78 Å². The average molecular weight is 245 g/mol. The summed E-state index contributed by atoms with van der Waals surface area (Å²) in [6, 6.07) is 11.2. The summed E-state index contributed by atoms with van der Waals surface area (Å²) >= 11 is 0. The predicted octanol–water partition coefficient (Wildman–Crippen LogP) is 2.96. The van der Waals surface area contributed by atoms with Gasteiger partial charge in [0.1, 0.15) is 5.82 Å². The maximum absolute atomic E-state index is 13.6. The third-order valence-electron chi connectivity index (χ3n) is 2.44. The highest BCUT2D eigenvalue weighted by atomic mass is 19.1. The highest BCUT2D eigenvalue weighted by Crippen LogP contribution is 2.19. The Morgan fingerprint density at radius 3 is 2.33 bits per heavy atom. The number of carbonyl (C=O) groups excluding carboxylic acids is 1. The van der Waals surface area contributed by atoms with Crippen LogP contribution in [0.3, 0.4) is 0 Å². The number of rotatable bonds is 3. The Morgan fingerprint density at radius 1 is 1.11 bits per heavy atom. The van der Waals surface area contributed by atoms with Crippen molar-refractivity contribution in [3.8, 4) is 0 Å². The first kappa shape index (κ1) is 11.9. The van der Waals surface area contributed by atoms with Crippen molar-refractivity contribution in [2.75, 3.05) is 0 Å². The van der Waals surface area contributed by atoms with Crippen molar-refractivity contribution in [1.82, 2.24) is 0 Å². The zero-order chi connectivity index (χ0) is 13.1. The molecule has 0 aliphatic carbocycles. The fourth-order valence-corrected chi connectivity index (χ4v) is 1.55. The number of nitro benzene ring substituents is 1. The van der Waals surface area contributed by atoms with E-state index < -0.39 is 16.5 Å². The van der Waals surface area contributed by atoms with Gasteiger partial charge in [-0.05, 0) is 6.07 Å². The smallest absolute Gasteiger partial charge is 0.272 e. The van der Waals surface area contributed by atoms with E-state index in [9.17, 15) is 19.3 Å². The van der Waals surface area contributed by atoms with Crippen LogP contribution < -0.4 is 0 Å². The van der Waals surface area contributed by atoms with Gasteiger partial charge in [0, 0.05) is 11.6 Å². The van der Waals surface area contributed by atoms with Crippen molar-refractivity contribution in [2.24, 2.45) is 0 Å². The quantitative estimate of drug-likeness (QED) is 0.474. The molecule has 0 atom stereocenters. The van der Waals surface area contributed by atoms with Crippen LogP contribution in [-0.4, -0.2) is 10.7 Å².